The molecule has 3 unspecified atom stereocenters. The van der Waals surface area contributed by atoms with Gasteiger partial charge in [0.15, 0.2) is 0 Å². The highest BCUT2D eigenvalue weighted by Crippen LogP contribution is 2.20. The van der Waals surface area contributed by atoms with Gasteiger partial charge in [0.25, 0.3) is 0 Å². The molecule has 78 valence electrons. The zero-order valence-corrected chi connectivity index (χ0v) is 8.74. The van der Waals surface area contributed by atoms with Crippen LogP contribution < -0.4 is 5.73 Å². The van der Waals surface area contributed by atoms with Gasteiger partial charge in [-0.25, -0.2) is 0 Å². The Balaban J connectivity index is 2.32. The first-order chi connectivity index (χ1) is 6.09. The first-order valence-corrected chi connectivity index (χ1v) is 5.23. The third-order valence-corrected chi connectivity index (χ3v) is 2.86. The number of nitrogens with two attached hydrogens (primary N) is 1. The summed E-state index contributed by atoms with van der Waals surface area (Å²) in [7, 11) is 2.08. The summed E-state index contributed by atoms with van der Waals surface area (Å²) >= 11 is 0. The lowest BCUT2D eigenvalue weighted by molar-refractivity contribution is 0.0989. The number of rotatable bonds is 3. The summed E-state index contributed by atoms with van der Waals surface area (Å²) in [5, 5.41) is 9.25. The van der Waals surface area contributed by atoms with Crippen molar-refractivity contribution in [2.45, 2.75) is 50.8 Å². The molecule has 3 atom stereocenters. The van der Waals surface area contributed by atoms with E-state index in [2.05, 4.69) is 11.9 Å². The van der Waals surface area contributed by atoms with E-state index in [-0.39, 0.29) is 6.10 Å². The molecule has 0 spiro atoms. The normalized spacial score (nSPS) is 32.1. The van der Waals surface area contributed by atoms with Gasteiger partial charge in [0, 0.05) is 18.6 Å². The maximum Gasteiger partial charge on any atom is 0.0639 e. The SMILES string of the molecule is CC(O)CN(C)C1CCCC(N)C1. The predicted molar refractivity (Wildman–Crippen MR) is 54.5 cm³/mol. The predicted octanol–water partition coefficient (Wildman–Crippen LogP) is 0.569. The van der Waals surface area contributed by atoms with Crippen molar-refractivity contribution < 1.29 is 5.11 Å². The second-order valence-electron chi connectivity index (χ2n) is 4.37. The van der Waals surface area contributed by atoms with Gasteiger partial charge in [-0.1, -0.05) is 6.42 Å². The second kappa shape index (κ2) is 4.94. The van der Waals surface area contributed by atoms with E-state index in [1.54, 1.807) is 0 Å². The Kier molecular flexibility index (Phi) is 4.16. The molecule has 0 aliphatic heterocycles. The molecule has 0 bridgehead atoms. The van der Waals surface area contributed by atoms with E-state index in [0.29, 0.717) is 12.1 Å². The minimum absolute atomic E-state index is 0.233. The van der Waals surface area contributed by atoms with Crippen molar-refractivity contribution in [1.29, 1.82) is 0 Å². The molecule has 1 fully saturated rings. The molecule has 1 aliphatic rings. The molecule has 0 aromatic carbocycles. The lowest BCUT2D eigenvalue weighted by Gasteiger charge is -2.34. The van der Waals surface area contributed by atoms with Gasteiger partial charge >= 0.3 is 0 Å². The van der Waals surface area contributed by atoms with Crippen LogP contribution in [0.2, 0.25) is 0 Å². The van der Waals surface area contributed by atoms with Crippen LogP contribution in [-0.4, -0.2) is 41.8 Å². The summed E-state index contributed by atoms with van der Waals surface area (Å²) in [4.78, 5) is 2.24. The number of hydrogen-bond donors (Lipinski definition) is 2. The van der Waals surface area contributed by atoms with E-state index in [9.17, 15) is 5.11 Å². The average Bonchev–Trinajstić information content (AvgIpc) is 2.03. The summed E-state index contributed by atoms with van der Waals surface area (Å²) in [5.74, 6) is 0. The number of aliphatic hydroxyl groups excluding tert-OH is 1. The van der Waals surface area contributed by atoms with Gasteiger partial charge in [-0.05, 0) is 33.2 Å². The fourth-order valence-electron chi connectivity index (χ4n) is 2.17. The summed E-state index contributed by atoms with van der Waals surface area (Å²) in [5.41, 5.74) is 5.90. The van der Waals surface area contributed by atoms with Crippen molar-refractivity contribution >= 4 is 0 Å². The van der Waals surface area contributed by atoms with Crippen LogP contribution in [0.3, 0.4) is 0 Å². The number of aliphatic hydroxyl groups is 1. The molecule has 0 amide bonds. The summed E-state index contributed by atoms with van der Waals surface area (Å²) in [6.07, 6.45) is 4.48. The van der Waals surface area contributed by atoms with Gasteiger partial charge in [0.05, 0.1) is 6.10 Å². The standard InChI is InChI=1S/C10H22N2O/c1-8(13)7-12(2)10-5-3-4-9(11)6-10/h8-10,13H,3-7,11H2,1-2H3. The second-order valence-corrected chi connectivity index (χ2v) is 4.37. The van der Waals surface area contributed by atoms with E-state index in [0.717, 1.165) is 13.0 Å². The topological polar surface area (TPSA) is 49.5 Å². The highest BCUT2D eigenvalue weighted by molar-refractivity contribution is 4.81. The maximum atomic E-state index is 9.25. The van der Waals surface area contributed by atoms with E-state index in [1.807, 2.05) is 6.92 Å². The highest BCUT2D eigenvalue weighted by Gasteiger charge is 2.22. The first kappa shape index (κ1) is 11.0. The summed E-state index contributed by atoms with van der Waals surface area (Å²) < 4.78 is 0. The van der Waals surface area contributed by atoms with Gasteiger partial charge in [0.2, 0.25) is 0 Å². The van der Waals surface area contributed by atoms with Crippen LogP contribution in [0.1, 0.15) is 32.6 Å². The van der Waals surface area contributed by atoms with Crippen LogP contribution in [-0.2, 0) is 0 Å². The molecular weight excluding hydrogens is 164 g/mol. The number of likely N-dealkylation sites (N-methyl/N-ethyl adjacent to an activating group) is 1. The van der Waals surface area contributed by atoms with Crippen LogP contribution in [0.4, 0.5) is 0 Å². The molecule has 3 heteroatoms. The Bertz CT molecular complexity index is 150. The van der Waals surface area contributed by atoms with Crippen molar-refractivity contribution in [3.63, 3.8) is 0 Å². The number of hydrogen-bond acceptors (Lipinski definition) is 3. The third-order valence-electron chi connectivity index (χ3n) is 2.86. The van der Waals surface area contributed by atoms with Crippen molar-refractivity contribution in [3.8, 4) is 0 Å². The molecule has 13 heavy (non-hydrogen) atoms. The van der Waals surface area contributed by atoms with Gasteiger partial charge in [-0.2, -0.15) is 0 Å². The number of nitrogens with zero attached hydrogens (tertiary/aromatic N) is 1. The van der Waals surface area contributed by atoms with E-state index < -0.39 is 0 Å². The average molecular weight is 186 g/mol. The van der Waals surface area contributed by atoms with Gasteiger partial charge < -0.3 is 15.7 Å². The first-order valence-electron chi connectivity index (χ1n) is 5.23. The molecular formula is C10H22N2O. The molecule has 3 nitrogen and oxygen atoms in total. The van der Waals surface area contributed by atoms with Crippen molar-refractivity contribution in [1.82, 2.24) is 4.90 Å². The molecule has 1 rings (SSSR count). The third kappa shape index (κ3) is 3.63. The lowest BCUT2D eigenvalue weighted by Crippen LogP contribution is -2.43. The molecule has 0 aromatic rings. The van der Waals surface area contributed by atoms with Gasteiger partial charge in [-0.3, -0.25) is 0 Å². The van der Waals surface area contributed by atoms with E-state index in [4.69, 9.17) is 5.73 Å². The van der Waals surface area contributed by atoms with Crippen molar-refractivity contribution in [2.24, 2.45) is 5.73 Å². The Labute approximate surface area is 80.9 Å². The smallest absolute Gasteiger partial charge is 0.0639 e. The molecule has 0 aromatic heterocycles. The quantitative estimate of drug-likeness (QED) is 0.677. The van der Waals surface area contributed by atoms with Crippen molar-refractivity contribution in [2.75, 3.05) is 13.6 Å². The van der Waals surface area contributed by atoms with Crippen molar-refractivity contribution in [3.05, 3.63) is 0 Å². The molecule has 3 N–H and O–H groups in total. The summed E-state index contributed by atoms with van der Waals surface area (Å²) in [6.45, 7) is 2.59. The minimum Gasteiger partial charge on any atom is -0.392 e. The van der Waals surface area contributed by atoms with E-state index >= 15 is 0 Å². The van der Waals surface area contributed by atoms with Gasteiger partial charge in [-0.15, -0.1) is 0 Å². The van der Waals surface area contributed by atoms with Crippen LogP contribution in [0.5, 0.6) is 0 Å². The molecule has 0 radical (unpaired) electrons. The Morgan fingerprint density at radius 3 is 2.77 bits per heavy atom. The Morgan fingerprint density at radius 2 is 2.23 bits per heavy atom. The van der Waals surface area contributed by atoms with E-state index in [1.165, 1.54) is 19.3 Å². The Morgan fingerprint density at radius 1 is 1.54 bits per heavy atom. The molecule has 0 saturated heterocycles. The molecule has 0 heterocycles. The molecule has 1 saturated carbocycles. The largest absolute Gasteiger partial charge is 0.392 e. The van der Waals surface area contributed by atoms with Crippen LogP contribution in [0.15, 0.2) is 0 Å². The fourth-order valence-corrected chi connectivity index (χ4v) is 2.17. The monoisotopic (exact) mass is 186 g/mol. The summed E-state index contributed by atoms with van der Waals surface area (Å²) in [6, 6.07) is 0.952. The molecule has 1 aliphatic carbocycles. The Hall–Kier alpha value is -0.120. The maximum absolute atomic E-state index is 9.25. The van der Waals surface area contributed by atoms with Crippen LogP contribution in [0.25, 0.3) is 0 Å². The zero-order chi connectivity index (χ0) is 9.84. The van der Waals surface area contributed by atoms with Crippen LogP contribution >= 0.6 is 0 Å². The highest BCUT2D eigenvalue weighted by atomic mass is 16.3. The zero-order valence-electron chi connectivity index (χ0n) is 8.74. The minimum atomic E-state index is -0.233. The lowest BCUT2D eigenvalue weighted by atomic mass is 9.91. The van der Waals surface area contributed by atoms with Gasteiger partial charge in [0.1, 0.15) is 0 Å². The van der Waals surface area contributed by atoms with Crippen LogP contribution in [0, 0.1) is 0 Å². The fraction of sp³-hybridized carbons (Fsp3) is 1.00.